The Morgan fingerprint density at radius 1 is 1.19 bits per heavy atom. The van der Waals surface area contributed by atoms with Crippen LogP contribution in [-0.2, 0) is 22.4 Å². The van der Waals surface area contributed by atoms with Crippen molar-refractivity contribution >= 4 is 11.8 Å². The Hall–Kier alpha value is -2.77. The number of imidazole rings is 1. The van der Waals surface area contributed by atoms with Crippen LogP contribution in [0.4, 0.5) is 8.78 Å². The second kappa shape index (κ2) is 9.80. The minimum Gasteiger partial charge on any atom is -0.354 e. The second-order valence-electron chi connectivity index (χ2n) is 6.52. The molecule has 2 aromatic rings. The first-order valence-corrected chi connectivity index (χ1v) is 8.79. The molecule has 1 aromatic carbocycles. The zero-order chi connectivity index (χ0) is 19.8. The van der Waals surface area contributed by atoms with E-state index in [0.717, 1.165) is 10.1 Å². The third-order valence-electron chi connectivity index (χ3n) is 4.08. The number of hydrogen-bond acceptors (Lipinski definition) is 3. The Kier molecular flexibility index (Phi) is 7.45. The molecule has 8 heteroatoms. The number of hydrogen-bond donors (Lipinski definition) is 2. The highest BCUT2D eigenvalue weighted by Crippen LogP contribution is 2.12. The van der Waals surface area contributed by atoms with Gasteiger partial charge in [0.25, 0.3) is 0 Å². The molecule has 1 unspecified atom stereocenters. The monoisotopic (exact) mass is 378 g/mol. The molecular formula is C19H24F2N4O2. The largest absolute Gasteiger partial charge is 0.354 e. The van der Waals surface area contributed by atoms with E-state index in [2.05, 4.69) is 15.6 Å². The fourth-order valence-electron chi connectivity index (χ4n) is 2.66. The van der Waals surface area contributed by atoms with Crippen LogP contribution in [0, 0.1) is 5.92 Å². The van der Waals surface area contributed by atoms with Gasteiger partial charge in [0.2, 0.25) is 11.8 Å². The zero-order valence-corrected chi connectivity index (χ0v) is 15.4. The molecule has 0 fully saturated rings. The van der Waals surface area contributed by atoms with Gasteiger partial charge in [-0.2, -0.15) is 8.78 Å². The van der Waals surface area contributed by atoms with E-state index in [1.807, 2.05) is 44.2 Å². The molecule has 0 aliphatic rings. The first kappa shape index (κ1) is 20.5. The number of halogens is 2. The van der Waals surface area contributed by atoms with Crippen molar-refractivity contribution in [3.05, 3.63) is 54.1 Å². The van der Waals surface area contributed by atoms with Crippen molar-refractivity contribution in [3.8, 4) is 0 Å². The Labute approximate surface area is 157 Å². The van der Waals surface area contributed by atoms with E-state index in [1.54, 1.807) is 0 Å². The minimum absolute atomic E-state index is 0.118. The van der Waals surface area contributed by atoms with Crippen molar-refractivity contribution in [2.45, 2.75) is 39.3 Å². The topological polar surface area (TPSA) is 76.0 Å². The summed E-state index contributed by atoms with van der Waals surface area (Å²) < 4.78 is 26.3. The lowest BCUT2D eigenvalue weighted by Crippen LogP contribution is -2.50. The van der Waals surface area contributed by atoms with Gasteiger partial charge >= 0.3 is 6.55 Å². The average Bonchev–Trinajstić information content (AvgIpc) is 3.09. The Balaban J connectivity index is 1.87. The lowest BCUT2D eigenvalue weighted by Gasteiger charge is -2.22. The maximum atomic E-state index is 12.8. The van der Waals surface area contributed by atoms with E-state index in [4.69, 9.17) is 0 Å². The lowest BCUT2D eigenvalue weighted by molar-refractivity contribution is -0.129. The molecule has 146 valence electrons. The van der Waals surface area contributed by atoms with Gasteiger partial charge in [-0.25, -0.2) is 4.98 Å². The van der Waals surface area contributed by atoms with E-state index in [9.17, 15) is 18.4 Å². The molecule has 2 rings (SSSR count). The summed E-state index contributed by atoms with van der Waals surface area (Å²) in [6.45, 7) is 1.15. The molecular weight excluding hydrogens is 354 g/mol. The van der Waals surface area contributed by atoms with Gasteiger partial charge in [0.1, 0.15) is 11.9 Å². The number of nitrogens with zero attached hydrogens (tertiary/aromatic N) is 2. The van der Waals surface area contributed by atoms with Crippen molar-refractivity contribution in [1.82, 2.24) is 20.2 Å². The summed E-state index contributed by atoms with van der Waals surface area (Å²) in [6.07, 6.45) is 2.85. The van der Waals surface area contributed by atoms with Gasteiger partial charge in [0, 0.05) is 25.4 Å². The van der Waals surface area contributed by atoms with Crippen LogP contribution in [0.3, 0.4) is 0 Å². The van der Waals surface area contributed by atoms with Crippen molar-refractivity contribution < 1.29 is 18.4 Å². The molecule has 0 saturated heterocycles. The van der Waals surface area contributed by atoms with E-state index in [0.29, 0.717) is 0 Å². The number of alkyl halides is 2. The van der Waals surface area contributed by atoms with E-state index in [1.165, 1.54) is 12.4 Å². The number of carbonyl (C=O) groups excluding carboxylic acids is 2. The van der Waals surface area contributed by atoms with Crippen LogP contribution in [0.15, 0.2) is 42.7 Å². The normalized spacial score (nSPS) is 12.2. The maximum Gasteiger partial charge on any atom is 0.319 e. The van der Waals surface area contributed by atoms with Crippen LogP contribution in [0.5, 0.6) is 0 Å². The van der Waals surface area contributed by atoms with Gasteiger partial charge in [-0.05, 0) is 11.5 Å². The number of rotatable bonds is 9. The molecule has 0 radical (unpaired) electrons. The summed E-state index contributed by atoms with van der Waals surface area (Å²) in [6, 6.07) is 8.54. The van der Waals surface area contributed by atoms with Gasteiger partial charge in [-0.3, -0.25) is 14.2 Å². The SMILES string of the molecule is CC(C)C(NC(=O)Cc1ccccc1)C(=O)NCCc1nccn1C(F)F. The lowest BCUT2D eigenvalue weighted by atomic mass is 10.0. The second-order valence-corrected chi connectivity index (χ2v) is 6.52. The molecule has 2 N–H and O–H groups in total. The quantitative estimate of drug-likeness (QED) is 0.703. The maximum absolute atomic E-state index is 12.8. The van der Waals surface area contributed by atoms with Crippen molar-refractivity contribution in [3.63, 3.8) is 0 Å². The predicted octanol–water partition coefficient (Wildman–Crippen LogP) is 2.32. The molecule has 0 aliphatic carbocycles. The number of aromatic nitrogens is 2. The Morgan fingerprint density at radius 3 is 2.52 bits per heavy atom. The fraction of sp³-hybridized carbons (Fsp3) is 0.421. The summed E-state index contributed by atoms with van der Waals surface area (Å²) in [5.74, 6) is -0.517. The molecule has 0 aliphatic heterocycles. The highest BCUT2D eigenvalue weighted by Gasteiger charge is 2.24. The Bertz CT molecular complexity index is 747. The highest BCUT2D eigenvalue weighted by molar-refractivity contribution is 5.88. The van der Waals surface area contributed by atoms with E-state index < -0.39 is 12.6 Å². The number of amides is 2. The molecule has 0 saturated carbocycles. The first-order chi connectivity index (χ1) is 12.9. The van der Waals surface area contributed by atoms with Gasteiger partial charge in [0.05, 0.1) is 6.42 Å². The minimum atomic E-state index is -2.67. The van der Waals surface area contributed by atoms with E-state index >= 15 is 0 Å². The van der Waals surface area contributed by atoms with Gasteiger partial charge in [-0.1, -0.05) is 44.2 Å². The van der Waals surface area contributed by atoms with Crippen molar-refractivity contribution in [1.29, 1.82) is 0 Å². The molecule has 0 spiro atoms. The summed E-state index contributed by atoms with van der Waals surface area (Å²) in [4.78, 5) is 28.5. The molecule has 1 atom stereocenters. The van der Waals surface area contributed by atoms with Gasteiger partial charge in [-0.15, -0.1) is 0 Å². The van der Waals surface area contributed by atoms with Gasteiger partial charge < -0.3 is 10.6 Å². The third-order valence-corrected chi connectivity index (χ3v) is 4.08. The number of nitrogens with one attached hydrogen (secondary N) is 2. The Morgan fingerprint density at radius 2 is 1.89 bits per heavy atom. The molecule has 1 aromatic heterocycles. The molecule has 27 heavy (non-hydrogen) atoms. The van der Waals surface area contributed by atoms with Crippen molar-refractivity contribution in [2.24, 2.45) is 5.92 Å². The van der Waals surface area contributed by atoms with Crippen LogP contribution in [0.1, 0.15) is 31.8 Å². The van der Waals surface area contributed by atoms with Crippen molar-refractivity contribution in [2.75, 3.05) is 6.54 Å². The number of benzene rings is 1. The summed E-state index contributed by atoms with van der Waals surface area (Å²) in [5, 5.41) is 5.43. The molecule has 0 bridgehead atoms. The third kappa shape index (κ3) is 6.16. The van der Waals surface area contributed by atoms with Crippen LogP contribution in [0.25, 0.3) is 0 Å². The summed E-state index contributed by atoms with van der Waals surface area (Å²) in [5.41, 5.74) is 0.858. The predicted molar refractivity (Wildman–Crippen MR) is 97.1 cm³/mol. The van der Waals surface area contributed by atoms with Crippen LogP contribution in [0.2, 0.25) is 0 Å². The highest BCUT2D eigenvalue weighted by atomic mass is 19.3. The van der Waals surface area contributed by atoms with Crippen LogP contribution < -0.4 is 10.6 Å². The molecule has 2 amide bonds. The van der Waals surface area contributed by atoms with Gasteiger partial charge in [0.15, 0.2) is 0 Å². The van der Waals surface area contributed by atoms with E-state index in [-0.39, 0.29) is 42.9 Å². The smallest absolute Gasteiger partial charge is 0.319 e. The van der Waals surface area contributed by atoms with Crippen LogP contribution in [-0.4, -0.2) is 34.0 Å². The average molecular weight is 378 g/mol. The number of carbonyl (C=O) groups is 2. The standard InChI is InChI=1S/C19H24F2N4O2/c1-13(2)17(24-16(26)12-14-6-4-3-5-7-14)18(27)23-9-8-15-22-10-11-25(15)19(20)21/h3-7,10-11,13,17,19H,8-9,12H2,1-2H3,(H,23,27)(H,24,26). The summed E-state index contributed by atoms with van der Waals surface area (Å²) in [7, 11) is 0. The molecule has 1 heterocycles. The van der Waals surface area contributed by atoms with Crippen LogP contribution >= 0.6 is 0 Å². The zero-order valence-electron chi connectivity index (χ0n) is 15.4. The first-order valence-electron chi connectivity index (χ1n) is 8.79. The summed E-state index contributed by atoms with van der Waals surface area (Å²) >= 11 is 0. The molecule has 6 nitrogen and oxygen atoms in total. The fourth-order valence-corrected chi connectivity index (χ4v) is 2.66.